The maximum Gasteiger partial charge on any atom is 0.161 e. The van der Waals surface area contributed by atoms with Crippen LogP contribution in [-0.4, -0.2) is 9.97 Å². The molecule has 3 nitrogen and oxygen atoms in total. The molecular formula is C16H12ClN3. The number of nitrogen functional groups attached to an aromatic ring is 1. The minimum atomic E-state index is 0.423. The van der Waals surface area contributed by atoms with Gasteiger partial charge in [0.1, 0.15) is 5.82 Å². The maximum atomic E-state index is 6.18. The van der Waals surface area contributed by atoms with E-state index in [-0.39, 0.29) is 0 Å². The highest BCUT2D eigenvalue weighted by Gasteiger charge is 2.10. The first-order valence-corrected chi connectivity index (χ1v) is 6.56. The molecule has 0 spiro atoms. The van der Waals surface area contributed by atoms with Crippen molar-refractivity contribution in [3.8, 4) is 22.5 Å². The second-order valence-corrected chi connectivity index (χ2v) is 4.75. The van der Waals surface area contributed by atoms with Crippen LogP contribution in [0.4, 0.5) is 5.82 Å². The van der Waals surface area contributed by atoms with Crippen molar-refractivity contribution in [1.82, 2.24) is 9.97 Å². The smallest absolute Gasteiger partial charge is 0.161 e. The van der Waals surface area contributed by atoms with Gasteiger partial charge in [-0.2, -0.15) is 0 Å². The summed E-state index contributed by atoms with van der Waals surface area (Å²) < 4.78 is 0. The fraction of sp³-hybridized carbons (Fsp3) is 0. The number of aromatic nitrogens is 2. The first-order chi connectivity index (χ1) is 9.75. The van der Waals surface area contributed by atoms with Crippen molar-refractivity contribution in [2.24, 2.45) is 0 Å². The number of hydrogen-bond donors (Lipinski definition) is 1. The predicted molar refractivity (Wildman–Crippen MR) is 82.3 cm³/mol. The number of nitrogens with two attached hydrogens (primary N) is 1. The van der Waals surface area contributed by atoms with Crippen LogP contribution in [0.1, 0.15) is 0 Å². The largest absolute Gasteiger partial charge is 0.383 e. The number of nitrogens with zero attached hydrogens (tertiary/aromatic N) is 2. The molecule has 1 aromatic heterocycles. The lowest BCUT2D eigenvalue weighted by Crippen LogP contribution is -1.99. The zero-order valence-electron chi connectivity index (χ0n) is 10.6. The lowest BCUT2D eigenvalue weighted by atomic mass is 10.1. The van der Waals surface area contributed by atoms with E-state index in [9.17, 15) is 0 Å². The van der Waals surface area contributed by atoms with Gasteiger partial charge < -0.3 is 5.73 Å². The Morgan fingerprint density at radius 3 is 2.25 bits per heavy atom. The third-order valence-corrected chi connectivity index (χ3v) is 3.34. The average Bonchev–Trinajstić information content (AvgIpc) is 2.49. The van der Waals surface area contributed by atoms with Gasteiger partial charge in [0.25, 0.3) is 0 Å². The lowest BCUT2D eigenvalue weighted by molar-refractivity contribution is 1.19. The molecule has 0 radical (unpaired) electrons. The van der Waals surface area contributed by atoms with E-state index in [1.54, 1.807) is 6.20 Å². The van der Waals surface area contributed by atoms with Crippen LogP contribution in [-0.2, 0) is 0 Å². The first kappa shape index (κ1) is 12.6. The Bertz CT molecular complexity index is 742. The van der Waals surface area contributed by atoms with E-state index in [1.165, 1.54) is 0 Å². The van der Waals surface area contributed by atoms with Gasteiger partial charge in [-0.05, 0) is 6.07 Å². The van der Waals surface area contributed by atoms with Crippen LogP contribution in [0.2, 0.25) is 5.02 Å². The third kappa shape index (κ3) is 2.36. The maximum absolute atomic E-state index is 6.18. The van der Waals surface area contributed by atoms with E-state index in [0.29, 0.717) is 16.7 Å². The molecule has 0 aliphatic heterocycles. The average molecular weight is 282 g/mol. The van der Waals surface area contributed by atoms with E-state index in [4.69, 9.17) is 17.3 Å². The van der Waals surface area contributed by atoms with Gasteiger partial charge in [-0.3, -0.25) is 0 Å². The van der Waals surface area contributed by atoms with Gasteiger partial charge in [-0.1, -0.05) is 60.1 Å². The summed E-state index contributed by atoms with van der Waals surface area (Å²) in [6, 6.07) is 17.2. The van der Waals surface area contributed by atoms with Crippen molar-refractivity contribution in [2.45, 2.75) is 0 Å². The highest BCUT2D eigenvalue weighted by Crippen LogP contribution is 2.31. The molecule has 0 unspecified atom stereocenters. The number of rotatable bonds is 2. The number of halogens is 1. The Kier molecular flexibility index (Phi) is 3.35. The molecule has 3 rings (SSSR count). The fourth-order valence-corrected chi connectivity index (χ4v) is 2.25. The molecule has 0 saturated heterocycles. The molecule has 0 aliphatic carbocycles. The highest BCUT2D eigenvalue weighted by molar-refractivity contribution is 6.33. The Morgan fingerprint density at radius 1 is 0.850 bits per heavy atom. The van der Waals surface area contributed by atoms with Gasteiger partial charge in [0, 0.05) is 27.9 Å². The monoisotopic (exact) mass is 281 g/mol. The summed E-state index contributed by atoms with van der Waals surface area (Å²) in [4.78, 5) is 8.75. The van der Waals surface area contributed by atoms with Crippen molar-refractivity contribution in [3.63, 3.8) is 0 Å². The standard InChI is InChI=1S/C16H12ClN3/c17-14-9-5-4-8-12(14)13-10-19-16(20-15(13)18)11-6-2-1-3-7-11/h1-10H,(H2,18,19,20). The third-order valence-electron chi connectivity index (χ3n) is 3.01. The zero-order valence-corrected chi connectivity index (χ0v) is 11.4. The summed E-state index contributed by atoms with van der Waals surface area (Å²) in [5, 5.41) is 0.635. The van der Waals surface area contributed by atoms with Crippen LogP contribution in [0.25, 0.3) is 22.5 Å². The zero-order chi connectivity index (χ0) is 13.9. The SMILES string of the molecule is Nc1nc(-c2ccccc2)ncc1-c1ccccc1Cl. The predicted octanol–water partition coefficient (Wildman–Crippen LogP) is 4.05. The molecule has 2 N–H and O–H groups in total. The van der Waals surface area contributed by atoms with Gasteiger partial charge in [0.05, 0.1) is 0 Å². The second kappa shape index (κ2) is 5.31. The molecule has 4 heteroatoms. The molecule has 0 fully saturated rings. The summed E-state index contributed by atoms with van der Waals surface area (Å²) in [5.41, 5.74) is 8.57. The fourth-order valence-electron chi connectivity index (χ4n) is 2.01. The van der Waals surface area contributed by atoms with Crippen LogP contribution < -0.4 is 5.73 Å². The molecule has 0 aliphatic rings. The molecule has 0 bridgehead atoms. The second-order valence-electron chi connectivity index (χ2n) is 4.34. The van der Waals surface area contributed by atoms with Gasteiger partial charge in [0.2, 0.25) is 0 Å². The Hall–Kier alpha value is -2.39. The van der Waals surface area contributed by atoms with Crippen molar-refractivity contribution in [1.29, 1.82) is 0 Å². The van der Waals surface area contributed by atoms with Gasteiger partial charge >= 0.3 is 0 Å². The van der Waals surface area contributed by atoms with Gasteiger partial charge in [-0.25, -0.2) is 9.97 Å². The summed E-state index contributed by atoms with van der Waals surface area (Å²) in [7, 11) is 0. The molecule has 3 aromatic rings. The van der Waals surface area contributed by atoms with Crippen LogP contribution in [0, 0.1) is 0 Å². The Morgan fingerprint density at radius 2 is 1.55 bits per heavy atom. The van der Waals surface area contributed by atoms with E-state index < -0.39 is 0 Å². The van der Waals surface area contributed by atoms with Crippen molar-refractivity contribution in [2.75, 3.05) is 5.73 Å². The summed E-state index contributed by atoms with van der Waals surface area (Å²) in [5.74, 6) is 1.03. The summed E-state index contributed by atoms with van der Waals surface area (Å²) >= 11 is 6.18. The lowest BCUT2D eigenvalue weighted by Gasteiger charge is -2.08. The van der Waals surface area contributed by atoms with Crippen LogP contribution >= 0.6 is 11.6 Å². The highest BCUT2D eigenvalue weighted by atomic mass is 35.5. The normalized spacial score (nSPS) is 10.4. The van der Waals surface area contributed by atoms with Crippen LogP contribution in [0.5, 0.6) is 0 Å². The minimum Gasteiger partial charge on any atom is -0.383 e. The number of benzene rings is 2. The van der Waals surface area contributed by atoms with E-state index in [2.05, 4.69) is 9.97 Å². The molecule has 2 aromatic carbocycles. The quantitative estimate of drug-likeness (QED) is 0.771. The summed E-state index contributed by atoms with van der Waals surface area (Å²) in [6.45, 7) is 0. The first-order valence-electron chi connectivity index (χ1n) is 6.18. The van der Waals surface area contributed by atoms with Crippen LogP contribution in [0.3, 0.4) is 0 Å². The Balaban J connectivity index is 2.07. The molecular weight excluding hydrogens is 270 g/mol. The van der Waals surface area contributed by atoms with Crippen molar-refractivity contribution >= 4 is 17.4 Å². The number of anilines is 1. The minimum absolute atomic E-state index is 0.423. The van der Waals surface area contributed by atoms with Crippen molar-refractivity contribution in [3.05, 3.63) is 65.8 Å². The van der Waals surface area contributed by atoms with E-state index >= 15 is 0 Å². The number of hydrogen-bond acceptors (Lipinski definition) is 3. The van der Waals surface area contributed by atoms with Gasteiger partial charge in [0.15, 0.2) is 5.82 Å². The van der Waals surface area contributed by atoms with E-state index in [1.807, 2.05) is 54.6 Å². The molecule has 0 saturated carbocycles. The topological polar surface area (TPSA) is 51.8 Å². The summed E-state index contributed by atoms with van der Waals surface area (Å²) in [6.07, 6.45) is 1.71. The molecule has 98 valence electrons. The van der Waals surface area contributed by atoms with E-state index in [0.717, 1.165) is 16.7 Å². The Labute approximate surface area is 122 Å². The van der Waals surface area contributed by atoms with Gasteiger partial charge in [-0.15, -0.1) is 0 Å². The van der Waals surface area contributed by atoms with Crippen LogP contribution in [0.15, 0.2) is 60.8 Å². The molecule has 0 amide bonds. The van der Waals surface area contributed by atoms with Crippen molar-refractivity contribution < 1.29 is 0 Å². The molecule has 20 heavy (non-hydrogen) atoms. The molecule has 1 heterocycles. The molecule has 0 atom stereocenters.